The first-order chi connectivity index (χ1) is 10.1. The largest absolute Gasteiger partial charge is 0.478 e. The Morgan fingerprint density at radius 3 is 2.52 bits per heavy atom. The number of imidazole rings is 1. The van der Waals surface area contributed by atoms with Gasteiger partial charge >= 0.3 is 5.97 Å². The molecule has 2 heterocycles. The van der Waals surface area contributed by atoms with Gasteiger partial charge in [0.25, 0.3) is 0 Å². The highest BCUT2D eigenvalue weighted by Crippen LogP contribution is 2.25. The summed E-state index contributed by atoms with van der Waals surface area (Å²) in [7, 11) is 0. The van der Waals surface area contributed by atoms with Crippen LogP contribution >= 0.6 is 0 Å². The predicted octanol–water partition coefficient (Wildman–Crippen LogP) is 2.67. The summed E-state index contributed by atoms with van der Waals surface area (Å²) in [4.78, 5) is 15.8. The summed E-state index contributed by atoms with van der Waals surface area (Å²) >= 11 is 0. The predicted molar refractivity (Wildman–Crippen MR) is 77.5 cm³/mol. The molecule has 0 saturated heterocycles. The third-order valence-corrected chi connectivity index (χ3v) is 3.20. The Bertz CT molecular complexity index is 630. The van der Waals surface area contributed by atoms with Crippen molar-refractivity contribution in [1.82, 2.24) is 9.38 Å². The zero-order valence-corrected chi connectivity index (χ0v) is 12.5. The second-order valence-corrected chi connectivity index (χ2v) is 4.46. The maximum atomic E-state index is 11.3. The van der Waals surface area contributed by atoms with Crippen LogP contribution in [0.15, 0.2) is 18.3 Å². The molecule has 2 aromatic heterocycles. The maximum absolute atomic E-state index is 11.3. The van der Waals surface area contributed by atoms with Gasteiger partial charge in [0.05, 0.1) is 5.69 Å². The van der Waals surface area contributed by atoms with Crippen LogP contribution in [0.2, 0.25) is 0 Å². The number of hydrogen-bond acceptors (Lipinski definition) is 4. The third-order valence-electron chi connectivity index (χ3n) is 3.20. The van der Waals surface area contributed by atoms with E-state index in [0.717, 1.165) is 5.69 Å². The number of rotatable bonds is 7. The van der Waals surface area contributed by atoms with Crippen LogP contribution in [0.1, 0.15) is 48.8 Å². The molecule has 114 valence electrons. The summed E-state index contributed by atoms with van der Waals surface area (Å²) in [5, 5.41) is 9.29. The van der Waals surface area contributed by atoms with Crippen LogP contribution in [0.5, 0.6) is 0 Å². The van der Waals surface area contributed by atoms with Crippen LogP contribution in [0, 0.1) is 0 Å². The summed E-state index contributed by atoms with van der Waals surface area (Å²) < 4.78 is 13.0. The fraction of sp³-hybridized carbons (Fsp3) is 0.467. The number of aromatic carboxylic acids is 1. The number of carbonyl (C=O) groups is 1. The van der Waals surface area contributed by atoms with Crippen molar-refractivity contribution in [3.05, 3.63) is 35.3 Å². The molecule has 0 aromatic carbocycles. The fourth-order valence-corrected chi connectivity index (χ4v) is 2.35. The van der Waals surface area contributed by atoms with Gasteiger partial charge in [-0.2, -0.15) is 0 Å². The molecule has 6 nitrogen and oxygen atoms in total. The number of carboxylic acids is 1. The highest BCUT2D eigenvalue weighted by Gasteiger charge is 2.23. The summed E-state index contributed by atoms with van der Waals surface area (Å²) in [5.41, 5.74) is 2.14. The lowest BCUT2D eigenvalue weighted by Crippen LogP contribution is -2.11. The molecule has 2 rings (SSSR count). The Hall–Kier alpha value is -1.92. The van der Waals surface area contributed by atoms with Gasteiger partial charge in [0, 0.05) is 19.4 Å². The number of hydrogen-bond donors (Lipinski definition) is 1. The molecule has 0 aliphatic carbocycles. The van der Waals surface area contributed by atoms with Crippen molar-refractivity contribution in [3.63, 3.8) is 0 Å². The highest BCUT2D eigenvalue weighted by molar-refractivity contribution is 5.94. The molecule has 2 aromatic rings. The summed E-state index contributed by atoms with van der Waals surface area (Å²) in [6.07, 6.45) is 1.94. The summed E-state index contributed by atoms with van der Waals surface area (Å²) in [6.45, 7) is 6.75. The number of ether oxygens (including phenoxy) is 2. The standard InChI is InChI=1S/C15H20N2O4/c1-4-11-12(15(20-5-2)21-6-3)16-13-10(14(18)19)8-7-9-17(11)13/h7-9,15H,4-6H2,1-3H3,(H,18,19). The Morgan fingerprint density at radius 1 is 1.33 bits per heavy atom. The van der Waals surface area contributed by atoms with Crippen molar-refractivity contribution >= 4 is 11.6 Å². The number of aryl methyl sites for hydroxylation is 1. The van der Waals surface area contributed by atoms with E-state index in [-0.39, 0.29) is 5.56 Å². The fourth-order valence-electron chi connectivity index (χ4n) is 2.35. The summed E-state index contributed by atoms with van der Waals surface area (Å²) in [6, 6.07) is 3.25. The highest BCUT2D eigenvalue weighted by atomic mass is 16.7. The lowest BCUT2D eigenvalue weighted by molar-refractivity contribution is -0.142. The molecule has 0 atom stereocenters. The molecule has 0 aliphatic heterocycles. The first kappa shape index (κ1) is 15.5. The molecule has 0 fully saturated rings. The van der Waals surface area contributed by atoms with Crippen LogP contribution in [0.25, 0.3) is 5.65 Å². The maximum Gasteiger partial charge on any atom is 0.339 e. The van der Waals surface area contributed by atoms with Crippen molar-refractivity contribution < 1.29 is 19.4 Å². The molecule has 0 amide bonds. The van der Waals surface area contributed by atoms with Crippen LogP contribution in [0.3, 0.4) is 0 Å². The zero-order chi connectivity index (χ0) is 15.4. The van der Waals surface area contributed by atoms with E-state index in [1.165, 1.54) is 0 Å². The van der Waals surface area contributed by atoms with E-state index < -0.39 is 12.3 Å². The molecule has 0 unspecified atom stereocenters. The molecular weight excluding hydrogens is 272 g/mol. The molecule has 0 spiro atoms. The third kappa shape index (κ3) is 2.91. The van der Waals surface area contributed by atoms with Gasteiger partial charge < -0.3 is 19.0 Å². The van der Waals surface area contributed by atoms with Crippen LogP contribution in [0.4, 0.5) is 0 Å². The lowest BCUT2D eigenvalue weighted by atomic mass is 10.2. The smallest absolute Gasteiger partial charge is 0.339 e. The van der Waals surface area contributed by atoms with Crippen molar-refractivity contribution in [3.8, 4) is 0 Å². The first-order valence-corrected chi connectivity index (χ1v) is 7.10. The molecular formula is C15H20N2O4. The lowest BCUT2D eigenvalue weighted by Gasteiger charge is -2.16. The van der Waals surface area contributed by atoms with E-state index >= 15 is 0 Å². The molecule has 21 heavy (non-hydrogen) atoms. The number of nitrogens with zero attached hydrogens (tertiary/aromatic N) is 2. The van der Waals surface area contributed by atoms with E-state index in [1.54, 1.807) is 16.5 Å². The molecule has 1 N–H and O–H groups in total. The van der Waals surface area contributed by atoms with Crippen molar-refractivity contribution in [2.75, 3.05) is 13.2 Å². The number of pyridine rings is 1. The average molecular weight is 292 g/mol. The van der Waals surface area contributed by atoms with E-state index in [2.05, 4.69) is 4.98 Å². The van der Waals surface area contributed by atoms with Crippen molar-refractivity contribution in [1.29, 1.82) is 0 Å². The average Bonchev–Trinajstić information content (AvgIpc) is 2.84. The number of carboxylic acid groups (broad SMARTS) is 1. The minimum absolute atomic E-state index is 0.171. The topological polar surface area (TPSA) is 73.1 Å². The minimum Gasteiger partial charge on any atom is -0.478 e. The zero-order valence-electron chi connectivity index (χ0n) is 12.5. The Morgan fingerprint density at radius 2 is 2.00 bits per heavy atom. The van der Waals surface area contributed by atoms with Crippen molar-refractivity contribution in [2.45, 2.75) is 33.5 Å². The van der Waals surface area contributed by atoms with Gasteiger partial charge in [-0.15, -0.1) is 0 Å². The van der Waals surface area contributed by atoms with Crippen LogP contribution in [-0.4, -0.2) is 33.7 Å². The monoisotopic (exact) mass is 292 g/mol. The van der Waals surface area contributed by atoms with Crippen molar-refractivity contribution in [2.24, 2.45) is 0 Å². The van der Waals surface area contributed by atoms with Gasteiger partial charge in [-0.3, -0.25) is 0 Å². The minimum atomic E-state index is -0.996. The second kappa shape index (κ2) is 6.69. The SMILES string of the molecule is CCOC(OCC)c1nc2c(C(=O)O)cccn2c1CC. The quantitative estimate of drug-likeness (QED) is 0.794. The number of fused-ring (bicyclic) bond motifs is 1. The van der Waals surface area contributed by atoms with E-state index in [0.29, 0.717) is 31.0 Å². The van der Waals surface area contributed by atoms with Crippen LogP contribution < -0.4 is 0 Å². The Labute approximate surface area is 123 Å². The summed E-state index contributed by atoms with van der Waals surface area (Å²) in [5.74, 6) is -0.996. The second-order valence-electron chi connectivity index (χ2n) is 4.46. The molecule has 0 aliphatic rings. The first-order valence-electron chi connectivity index (χ1n) is 7.10. The Balaban J connectivity index is 2.62. The normalized spacial score (nSPS) is 11.4. The number of aromatic nitrogens is 2. The van der Waals surface area contributed by atoms with E-state index in [1.807, 2.05) is 27.0 Å². The van der Waals surface area contributed by atoms with E-state index in [9.17, 15) is 9.90 Å². The van der Waals surface area contributed by atoms with Gasteiger partial charge in [-0.05, 0) is 32.4 Å². The Kier molecular flexibility index (Phi) is 4.93. The van der Waals surface area contributed by atoms with Gasteiger partial charge in [0.15, 0.2) is 5.65 Å². The molecule has 0 bridgehead atoms. The van der Waals surface area contributed by atoms with E-state index in [4.69, 9.17) is 9.47 Å². The van der Waals surface area contributed by atoms with Gasteiger partial charge in [-0.25, -0.2) is 9.78 Å². The van der Waals surface area contributed by atoms with Gasteiger partial charge in [-0.1, -0.05) is 6.92 Å². The van der Waals surface area contributed by atoms with Crippen LogP contribution in [-0.2, 0) is 15.9 Å². The molecule has 0 saturated carbocycles. The molecule has 6 heteroatoms. The van der Waals surface area contributed by atoms with Gasteiger partial charge in [0.1, 0.15) is 11.3 Å². The van der Waals surface area contributed by atoms with Gasteiger partial charge in [0.2, 0.25) is 6.29 Å². The molecule has 0 radical (unpaired) electrons.